The van der Waals surface area contributed by atoms with Crippen LogP contribution in [0.5, 0.6) is 0 Å². The van der Waals surface area contributed by atoms with Crippen LogP contribution < -0.4 is 10.6 Å². The Balaban J connectivity index is 1.77. The second-order valence-electron chi connectivity index (χ2n) is 6.48. The minimum absolute atomic E-state index is 0.0260. The second kappa shape index (κ2) is 5.75. The van der Waals surface area contributed by atoms with Gasteiger partial charge in [-0.2, -0.15) is 4.98 Å². The number of aromatic nitrogens is 2. The number of hydrogen-bond donors (Lipinski definition) is 2. The van der Waals surface area contributed by atoms with E-state index in [9.17, 15) is 4.79 Å². The van der Waals surface area contributed by atoms with Crippen LogP contribution in [0.25, 0.3) is 0 Å². The van der Waals surface area contributed by atoms with Crippen LogP contribution in [0.2, 0.25) is 0 Å². The average Bonchev–Trinajstić information content (AvgIpc) is 2.85. The van der Waals surface area contributed by atoms with Crippen molar-refractivity contribution in [3.8, 4) is 0 Å². The third kappa shape index (κ3) is 2.81. The van der Waals surface area contributed by atoms with Crippen molar-refractivity contribution < 1.29 is 9.32 Å². The van der Waals surface area contributed by atoms with Crippen molar-refractivity contribution in [3.05, 3.63) is 11.7 Å². The standard InChI is InChI=1S/C15H24N4O2/c1-10(12-8-16-9-12)13(20)18-15(6-4-3-5-7-15)14-17-11(2)21-19-14/h10,12,16H,3-9H2,1-2H3,(H,18,20). The topological polar surface area (TPSA) is 80.0 Å². The molecule has 116 valence electrons. The van der Waals surface area contributed by atoms with Crippen LogP contribution in [0.4, 0.5) is 0 Å². The summed E-state index contributed by atoms with van der Waals surface area (Å²) in [6, 6.07) is 0. The number of aryl methyl sites for hydroxylation is 1. The molecule has 2 fully saturated rings. The van der Waals surface area contributed by atoms with Crippen LogP contribution in [0.15, 0.2) is 4.52 Å². The number of rotatable bonds is 4. The zero-order valence-electron chi connectivity index (χ0n) is 12.8. The molecule has 1 amide bonds. The van der Waals surface area contributed by atoms with Crippen LogP contribution in [0.1, 0.15) is 50.7 Å². The van der Waals surface area contributed by atoms with E-state index in [0.29, 0.717) is 17.6 Å². The second-order valence-corrected chi connectivity index (χ2v) is 6.48. The zero-order chi connectivity index (χ0) is 14.9. The van der Waals surface area contributed by atoms with E-state index in [-0.39, 0.29) is 11.8 Å². The Bertz CT molecular complexity index is 504. The SMILES string of the molecule is Cc1nc(C2(NC(=O)C(C)C3CNC3)CCCCC2)no1. The summed E-state index contributed by atoms with van der Waals surface area (Å²) in [5, 5.41) is 10.6. The van der Waals surface area contributed by atoms with Gasteiger partial charge in [0.15, 0.2) is 5.82 Å². The lowest BCUT2D eigenvalue weighted by Crippen LogP contribution is -2.54. The Morgan fingerprint density at radius 3 is 2.62 bits per heavy atom. The smallest absolute Gasteiger partial charge is 0.224 e. The third-order valence-electron chi connectivity index (χ3n) is 4.96. The van der Waals surface area contributed by atoms with Crippen molar-refractivity contribution in [2.24, 2.45) is 11.8 Å². The Hall–Kier alpha value is -1.43. The lowest BCUT2D eigenvalue weighted by Gasteiger charge is -2.38. The van der Waals surface area contributed by atoms with E-state index in [0.717, 1.165) is 38.8 Å². The summed E-state index contributed by atoms with van der Waals surface area (Å²) >= 11 is 0. The van der Waals surface area contributed by atoms with Crippen LogP contribution in [0, 0.1) is 18.8 Å². The molecular formula is C15H24N4O2. The monoisotopic (exact) mass is 292 g/mol. The lowest BCUT2D eigenvalue weighted by molar-refractivity contribution is -0.129. The highest BCUT2D eigenvalue weighted by Gasteiger charge is 2.41. The molecule has 1 saturated carbocycles. The van der Waals surface area contributed by atoms with E-state index in [1.807, 2.05) is 6.92 Å². The summed E-state index contributed by atoms with van der Waals surface area (Å²) in [6.07, 6.45) is 5.18. The molecule has 2 aliphatic rings. The van der Waals surface area contributed by atoms with Gasteiger partial charge in [0.25, 0.3) is 0 Å². The predicted molar refractivity (Wildman–Crippen MR) is 77.5 cm³/mol. The molecule has 0 radical (unpaired) electrons. The first kappa shape index (κ1) is 14.5. The zero-order valence-corrected chi connectivity index (χ0v) is 12.8. The van der Waals surface area contributed by atoms with Gasteiger partial charge in [0.05, 0.1) is 0 Å². The number of amides is 1. The minimum atomic E-state index is -0.432. The fourth-order valence-corrected chi connectivity index (χ4v) is 3.28. The molecule has 1 unspecified atom stereocenters. The molecule has 1 aliphatic heterocycles. The molecule has 2 heterocycles. The first-order valence-corrected chi connectivity index (χ1v) is 7.94. The van der Waals surface area contributed by atoms with E-state index in [1.54, 1.807) is 6.92 Å². The van der Waals surface area contributed by atoms with Crippen molar-refractivity contribution in [1.82, 2.24) is 20.8 Å². The number of carbonyl (C=O) groups excluding carboxylic acids is 1. The fraction of sp³-hybridized carbons (Fsp3) is 0.800. The molecule has 1 aliphatic carbocycles. The van der Waals surface area contributed by atoms with Gasteiger partial charge in [-0.3, -0.25) is 4.79 Å². The van der Waals surface area contributed by atoms with Gasteiger partial charge in [-0.25, -0.2) is 0 Å². The molecule has 1 saturated heterocycles. The largest absolute Gasteiger partial charge is 0.343 e. The number of carbonyl (C=O) groups is 1. The van der Waals surface area contributed by atoms with E-state index in [4.69, 9.17) is 4.52 Å². The Labute approximate surface area is 125 Å². The summed E-state index contributed by atoms with van der Waals surface area (Å²) in [7, 11) is 0. The van der Waals surface area contributed by atoms with Gasteiger partial charge in [-0.1, -0.05) is 31.3 Å². The third-order valence-corrected chi connectivity index (χ3v) is 4.96. The van der Waals surface area contributed by atoms with E-state index < -0.39 is 5.54 Å². The van der Waals surface area contributed by atoms with Gasteiger partial charge < -0.3 is 15.2 Å². The van der Waals surface area contributed by atoms with Gasteiger partial charge in [0.1, 0.15) is 5.54 Å². The van der Waals surface area contributed by atoms with Crippen molar-refractivity contribution >= 4 is 5.91 Å². The molecule has 6 heteroatoms. The molecule has 1 aromatic heterocycles. The van der Waals surface area contributed by atoms with Crippen molar-refractivity contribution in [2.45, 2.75) is 51.5 Å². The molecule has 2 N–H and O–H groups in total. The lowest BCUT2D eigenvalue weighted by atomic mass is 9.79. The first-order chi connectivity index (χ1) is 10.1. The summed E-state index contributed by atoms with van der Waals surface area (Å²) < 4.78 is 5.14. The summed E-state index contributed by atoms with van der Waals surface area (Å²) in [5.41, 5.74) is -0.432. The maximum Gasteiger partial charge on any atom is 0.224 e. The fourth-order valence-electron chi connectivity index (χ4n) is 3.28. The van der Waals surface area contributed by atoms with Gasteiger partial charge >= 0.3 is 0 Å². The summed E-state index contributed by atoms with van der Waals surface area (Å²) in [4.78, 5) is 17.0. The number of nitrogens with zero attached hydrogens (tertiary/aromatic N) is 2. The average molecular weight is 292 g/mol. The van der Waals surface area contributed by atoms with Crippen LogP contribution >= 0.6 is 0 Å². The normalized spacial score (nSPS) is 23.3. The Morgan fingerprint density at radius 1 is 1.38 bits per heavy atom. The molecule has 1 atom stereocenters. The van der Waals surface area contributed by atoms with Gasteiger partial charge in [0.2, 0.25) is 11.8 Å². The van der Waals surface area contributed by atoms with Crippen molar-refractivity contribution in [3.63, 3.8) is 0 Å². The van der Waals surface area contributed by atoms with Crippen molar-refractivity contribution in [2.75, 3.05) is 13.1 Å². The molecule has 0 spiro atoms. The van der Waals surface area contributed by atoms with Gasteiger partial charge in [-0.15, -0.1) is 0 Å². The minimum Gasteiger partial charge on any atom is -0.343 e. The highest BCUT2D eigenvalue weighted by Crippen LogP contribution is 2.36. The predicted octanol–water partition coefficient (Wildman–Crippen LogP) is 1.51. The van der Waals surface area contributed by atoms with Crippen LogP contribution in [-0.4, -0.2) is 29.1 Å². The quantitative estimate of drug-likeness (QED) is 0.879. The van der Waals surface area contributed by atoms with Crippen LogP contribution in [-0.2, 0) is 10.3 Å². The highest BCUT2D eigenvalue weighted by molar-refractivity contribution is 5.79. The molecule has 6 nitrogen and oxygen atoms in total. The molecule has 3 rings (SSSR count). The summed E-state index contributed by atoms with van der Waals surface area (Å²) in [6.45, 7) is 5.67. The van der Waals surface area contributed by atoms with E-state index in [1.165, 1.54) is 6.42 Å². The number of hydrogen-bond acceptors (Lipinski definition) is 5. The number of nitrogens with one attached hydrogen (secondary N) is 2. The maximum absolute atomic E-state index is 12.6. The highest BCUT2D eigenvalue weighted by atomic mass is 16.5. The summed E-state index contributed by atoms with van der Waals surface area (Å²) in [5.74, 6) is 1.79. The maximum atomic E-state index is 12.6. The Morgan fingerprint density at radius 2 is 2.10 bits per heavy atom. The van der Waals surface area contributed by atoms with E-state index in [2.05, 4.69) is 20.8 Å². The molecule has 0 aromatic carbocycles. The van der Waals surface area contributed by atoms with Gasteiger partial charge in [-0.05, 0) is 31.8 Å². The molecule has 1 aromatic rings. The van der Waals surface area contributed by atoms with Gasteiger partial charge in [0, 0.05) is 12.8 Å². The van der Waals surface area contributed by atoms with Crippen LogP contribution in [0.3, 0.4) is 0 Å². The van der Waals surface area contributed by atoms with Crippen molar-refractivity contribution in [1.29, 1.82) is 0 Å². The molecule has 0 bridgehead atoms. The first-order valence-electron chi connectivity index (χ1n) is 7.94. The molecular weight excluding hydrogens is 268 g/mol. The molecule has 21 heavy (non-hydrogen) atoms. The van der Waals surface area contributed by atoms with E-state index >= 15 is 0 Å². The Kier molecular flexibility index (Phi) is 3.97.